The molecule has 204 valence electrons. The third-order valence-corrected chi connectivity index (χ3v) is 8.63. The maximum Gasteiger partial charge on any atom is 0.209 e. The van der Waals surface area contributed by atoms with Gasteiger partial charge in [0.25, 0.3) is 0 Å². The second-order valence-electron chi connectivity index (χ2n) is 11.9. The summed E-state index contributed by atoms with van der Waals surface area (Å²) in [7, 11) is 4.27. The second-order valence-corrected chi connectivity index (χ2v) is 11.9. The minimum absolute atomic E-state index is 0.0241. The van der Waals surface area contributed by atoms with E-state index in [1.165, 1.54) is 33.9 Å². The number of anilines is 1. The first-order valence-electron chi connectivity index (χ1n) is 14.0. The highest BCUT2D eigenvalue weighted by Crippen LogP contribution is 2.46. The quantitative estimate of drug-likeness (QED) is 0.265. The number of hydrogen-bond donors (Lipinski definition) is 0. The van der Waals surface area contributed by atoms with Crippen LogP contribution in [-0.4, -0.2) is 30.4 Å². The standard InChI is InChI=1S/C36H38N2O2/c1-35(2)28-11-7-9-13-30(28)37(5)32(35)22-20-27(26-18-15-25(16-19-26)17-24-34(39)40)21-23-33-36(3,4)29-12-8-10-14-31(29)38(33)6/h7-16,18-23H,17,24H2,1-6H3. The summed E-state index contributed by atoms with van der Waals surface area (Å²) in [6.07, 6.45) is 9.40. The molecule has 0 saturated carbocycles. The monoisotopic (exact) mass is 530 g/mol. The average molecular weight is 531 g/mol. The molecular weight excluding hydrogens is 492 g/mol. The van der Waals surface area contributed by atoms with Crippen LogP contribution < -0.4 is 10.0 Å². The van der Waals surface area contributed by atoms with E-state index in [2.05, 4.69) is 136 Å². The van der Waals surface area contributed by atoms with Crippen molar-refractivity contribution in [1.82, 2.24) is 0 Å². The summed E-state index contributed by atoms with van der Waals surface area (Å²) in [5, 5.41) is 10.9. The largest absolute Gasteiger partial charge is 0.550 e. The normalized spacial score (nSPS) is 18.5. The molecule has 0 atom stereocenters. The molecule has 0 aromatic heterocycles. The van der Waals surface area contributed by atoms with E-state index in [0.717, 1.165) is 16.7 Å². The molecule has 3 aromatic carbocycles. The first kappa shape index (κ1) is 27.4. The van der Waals surface area contributed by atoms with Gasteiger partial charge in [0.05, 0.1) is 5.41 Å². The Labute approximate surface area is 238 Å². The molecule has 40 heavy (non-hydrogen) atoms. The predicted octanol–water partition coefficient (Wildman–Crippen LogP) is 6.33. The van der Waals surface area contributed by atoms with Crippen molar-refractivity contribution in [3.63, 3.8) is 0 Å². The molecule has 2 heterocycles. The molecule has 0 amide bonds. The van der Waals surface area contributed by atoms with Crippen LogP contribution in [0.3, 0.4) is 0 Å². The molecular formula is C36H38N2O2. The van der Waals surface area contributed by atoms with Crippen molar-refractivity contribution in [1.29, 1.82) is 0 Å². The van der Waals surface area contributed by atoms with Crippen molar-refractivity contribution in [2.45, 2.75) is 51.4 Å². The number of carboxylic acids is 1. The van der Waals surface area contributed by atoms with Gasteiger partial charge in [-0.15, -0.1) is 0 Å². The van der Waals surface area contributed by atoms with Crippen LogP contribution in [0.15, 0.2) is 103 Å². The number of likely N-dealkylation sites (N-methyl/N-ethyl adjacent to an activating group) is 1. The topological polar surface area (TPSA) is 46.4 Å². The zero-order valence-electron chi connectivity index (χ0n) is 24.4. The van der Waals surface area contributed by atoms with Crippen molar-refractivity contribution in [2.75, 3.05) is 19.0 Å². The van der Waals surface area contributed by atoms with Crippen molar-refractivity contribution in [3.8, 4) is 0 Å². The fraction of sp³-hybridized carbons (Fsp3) is 0.278. The van der Waals surface area contributed by atoms with Gasteiger partial charge in [0.1, 0.15) is 7.05 Å². The number of carbonyl (C=O) groups is 1. The van der Waals surface area contributed by atoms with Crippen LogP contribution in [0.5, 0.6) is 0 Å². The highest BCUT2D eigenvalue weighted by molar-refractivity contribution is 6.04. The minimum Gasteiger partial charge on any atom is -0.550 e. The van der Waals surface area contributed by atoms with Gasteiger partial charge in [0.2, 0.25) is 5.69 Å². The number of allylic oxidation sites excluding steroid dienone is 6. The molecule has 2 aliphatic heterocycles. The molecule has 3 aromatic rings. The summed E-state index contributed by atoms with van der Waals surface area (Å²) in [6.45, 7) is 9.11. The van der Waals surface area contributed by atoms with Crippen molar-refractivity contribution < 1.29 is 14.5 Å². The van der Waals surface area contributed by atoms with E-state index < -0.39 is 5.97 Å². The van der Waals surface area contributed by atoms with Crippen LogP contribution in [0.1, 0.15) is 56.4 Å². The number of aliphatic carboxylic acids is 1. The van der Waals surface area contributed by atoms with Crippen LogP contribution in [0.2, 0.25) is 0 Å². The number of aryl methyl sites for hydroxylation is 1. The molecule has 0 aliphatic carbocycles. The van der Waals surface area contributed by atoms with E-state index >= 15 is 0 Å². The Kier molecular flexibility index (Phi) is 7.14. The summed E-state index contributed by atoms with van der Waals surface area (Å²) >= 11 is 0. The number of benzene rings is 3. The van der Waals surface area contributed by atoms with E-state index in [1.807, 2.05) is 12.1 Å². The Balaban J connectivity index is 1.55. The fourth-order valence-corrected chi connectivity index (χ4v) is 6.30. The van der Waals surface area contributed by atoms with Gasteiger partial charge in [-0.3, -0.25) is 0 Å². The summed E-state index contributed by atoms with van der Waals surface area (Å²) < 4.78 is 2.29. The molecule has 0 fully saturated rings. The molecule has 0 radical (unpaired) electrons. The van der Waals surface area contributed by atoms with Gasteiger partial charge < -0.3 is 14.8 Å². The Hall–Kier alpha value is -4.18. The summed E-state index contributed by atoms with van der Waals surface area (Å²) in [5.41, 5.74) is 10.5. The molecule has 4 heteroatoms. The highest BCUT2D eigenvalue weighted by atomic mass is 16.4. The third-order valence-electron chi connectivity index (χ3n) is 8.63. The summed E-state index contributed by atoms with van der Waals surface area (Å²) in [5.74, 6) is -1.02. The van der Waals surface area contributed by atoms with Crippen molar-refractivity contribution in [2.24, 2.45) is 0 Å². The lowest BCUT2D eigenvalue weighted by molar-refractivity contribution is -0.401. The molecule has 0 saturated heterocycles. The third kappa shape index (κ3) is 4.83. The highest BCUT2D eigenvalue weighted by Gasteiger charge is 2.42. The van der Waals surface area contributed by atoms with Gasteiger partial charge in [0, 0.05) is 47.5 Å². The molecule has 0 unspecified atom stereocenters. The smallest absolute Gasteiger partial charge is 0.209 e. The summed E-state index contributed by atoms with van der Waals surface area (Å²) in [6, 6.07) is 25.4. The average Bonchev–Trinajstić information content (AvgIpc) is 3.26. The fourth-order valence-electron chi connectivity index (χ4n) is 6.30. The summed E-state index contributed by atoms with van der Waals surface area (Å²) in [4.78, 5) is 13.2. The molecule has 0 spiro atoms. The number of carbonyl (C=O) groups excluding carboxylic acids is 1. The predicted molar refractivity (Wildman–Crippen MR) is 163 cm³/mol. The number of hydrogen-bond acceptors (Lipinski definition) is 3. The first-order valence-corrected chi connectivity index (χ1v) is 14.0. The van der Waals surface area contributed by atoms with Gasteiger partial charge in [-0.05, 0) is 67.2 Å². The van der Waals surface area contributed by atoms with E-state index in [4.69, 9.17) is 0 Å². The lowest BCUT2D eigenvalue weighted by Crippen LogP contribution is -2.26. The van der Waals surface area contributed by atoms with E-state index in [-0.39, 0.29) is 17.3 Å². The SMILES string of the molecule is CN1/C(=C/C=C(/C=C/C2=[N+](C)c3ccccc3C2(C)C)c2ccc(CCC(=O)[O-])cc2)C(C)(C)c2ccccc21. The van der Waals surface area contributed by atoms with Crippen LogP contribution in [0.4, 0.5) is 11.4 Å². The van der Waals surface area contributed by atoms with Crippen LogP contribution in [0, 0.1) is 0 Å². The van der Waals surface area contributed by atoms with Crippen LogP contribution in [0.25, 0.3) is 5.57 Å². The number of fused-ring (bicyclic) bond motifs is 2. The molecule has 5 rings (SSSR count). The van der Waals surface area contributed by atoms with Gasteiger partial charge in [-0.1, -0.05) is 80.6 Å². The first-order chi connectivity index (χ1) is 19.0. The van der Waals surface area contributed by atoms with Gasteiger partial charge in [0.15, 0.2) is 5.71 Å². The van der Waals surface area contributed by atoms with Crippen molar-refractivity contribution >= 4 is 28.6 Å². The number of rotatable bonds is 7. The van der Waals surface area contributed by atoms with E-state index in [1.54, 1.807) is 0 Å². The molecule has 2 aliphatic rings. The number of carboxylic acid groups (broad SMARTS) is 1. The zero-order chi connectivity index (χ0) is 28.7. The lowest BCUT2D eigenvalue weighted by atomic mass is 9.81. The molecule has 0 N–H and O–H groups in total. The zero-order valence-corrected chi connectivity index (χ0v) is 24.4. The van der Waals surface area contributed by atoms with Gasteiger partial charge in [-0.25, -0.2) is 0 Å². The maximum absolute atomic E-state index is 10.9. The van der Waals surface area contributed by atoms with Crippen molar-refractivity contribution in [3.05, 3.63) is 125 Å². The second kappa shape index (κ2) is 10.4. The lowest BCUT2D eigenvalue weighted by Gasteiger charge is -2.24. The Bertz CT molecular complexity index is 1580. The molecule has 0 bridgehead atoms. The van der Waals surface area contributed by atoms with Crippen LogP contribution in [-0.2, 0) is 22.0 Å². The van der Waals surface area contributed by atoms with E-state index in [9.17, 15) is 9.90 Å². The number of para-hydroxylation sites is 2. The Morgan fingerprint density at radius 1 is 0.900 bits per heavy atom. The molecule has 4 nitrogen and oxygen atoms in total. The Morgan fingerprint density at radius 2 is 1.55 bits per heavy atom. The Morgan fingerprint density at radius 3 is 2.20 bits per heavy atom. The van der Waals surface area contributed by atoms with Gasteiger partial charge >= 0.3 is 0 Å². The van der Waals surface area contributed by atoms with Gasteiger partial charge in [-0.2, -0.15) is 4.58 Å². The minimum atomic E-state index is -1.02. The van der Waals surface area contributed by atoms with E-state index in [0.29, 0.717) is 6.42 Å². The van der Waals surface area contributed by atoms with Crippen LogP contribution >= 0.6 is 0 Å². The maximum atomic E-state index is 10.9. The number of nitrogens with zero attached hydrogens (tertiary/aromatic N) is 2.